The third-order valence-corrected chi connectivity index (χ3v) is 1.99. The van der Waals surface area contributed by atoms with Gasteiger partial charge in [0, 0.05) is 13.7 Å². The van der Waals surface area contributed by atoms with Crippen LogP contribution in [0.5, 0.6) is 0 Å². The van der Waals surface area contributed by atoms with Crippen molar-refractivity contribution in [2.45, 2.75) is 24.9 Å². The van der Waals surface area contributed by atoms with Crippen molar-refractivity contribution in [3.63, 3.8) is 0 Å². The van der Waals surface area contributed by atoms with Crippen molar-refractivity contribution in [3.05, 3.63) is 0 Å². The molecule has 1 saturated heterocycles. The lowest BCUT2D eigenvalue weighted by molar-refractivity contribution is -0.0766. The highest BCUT2D eigenvalue weighted by molar-refractivity contribution is 5.09. The van der Waals surface area contributed by atoms with Crippen LogP contribution in [-0.2, 0) is 9.47 Å². The molecule has 2 heteroatoms. The van der Waals surface area contributed by atoms with Gasteiger partial charge in [0.1, 0.15) is 0 Å². The van der Waals surface area contributed by atoms with Gasteiger partial charge in [0.15, 0.2) is 5.60 Å². The van der Waals surface area contributed by atoms with E-state index in [1.165, 1.54) is 0 Å². The van der Waals surface area contributed by atoms with Gasteiger partial charge in [-0.25, -0.2) is 0 Å². The van der Waals surface area contributed by atoms with E-state index in [1.807, 2.05) is 0 Å². The summed E-state index contributed by atoms with van der Waals surface area (Å²) in [5.74, 6) is 2.67. The molecule has 0 aromatic heterocycles. The molecule has 1 aliphatic heterocycles. The van der Waals surface area contributed by atoms with Gasteiger partial charge in [-0.2, -0.15) is 0 Å². The fraction of sp³-hybridized carbons (Fsp3) is 0.778. The second-order valence-corrected chi connectivity index (χ2v) is 2.88. The summed E-state index contributed by atoms with van der Waals surface area (Å²) in [5, 5.41) is 0. The smallest absolute Gasteiger partial charge is 0.151 e. The molecule has 1 aliphatic rings. The topological polar surface area (TPSA) is 18.5 Å². The molecule has 1 atom stereocenters. The predicted octanol–water partition coefficient (Wildman–Crippen LogP) is 1.21. The Labute approximate surface area is 67.9 Å². The van der Waals surface area contributed by atoms with Crippen LogP contribution in [0.4, 0.5) is 0 Å². The third kappa shape index (κ3) is 1.95. The first-order valence-electron chi connectivity index (χ1n) is 3.94. The molecule has 0 radical (unpaired) electrons. The molecule has 0 spiro atoms. The maximum absolute atomic E-state index is 5.49. The van der Waals surface area contributed by atoms with Gasteiger partial charge in [-0.05, 0) is 19.3 Å². The zero-order chi connectivity index (χ0) is 8.16. The summed E-state index contributed by atoms with van der Waals surface area (Å²) >= 11 is 0. The van der Waals surface area contributed by atoms with E-state index in [0.717, 1.165) is 25.9 Å². The molecular weight excluding hydrogens is 140 g/mol. The Bertz CT molecular complexity index is 146. The van der Waals surface area contributed by atoms with Crippen molar-refractivity contribution in [3.8, 4) is 12.3 Å². The molecule has 1 rings (SSSR count). The second-order valence-electron chi connectivity index (χ2n) is 2.88. The molecule has 2 nitrogen and oxygen atoms in total. The standard InChI is InChI=1S/C9H14O2/c1-3-9(8-10-2)6-4-5-7-11-9/h1H,4-8H2,2H3. The molecule has 0 N–H and O–H groups in total. The van der Waals surface area contributed by atoms with Crippen molar-refractivity contribution < 1.29 is 9.47 Å². The lowest BCUT2D eigenvalue weighted by Crippen LogP contribution is -2.39. The first-order chi connectivity index (χ1) is 5.33. The predicted molar refractivity (Wildman–Crippen MR) is 43.2 cm³/mol. The highest BCUT2D eigenvalue weighted by atomic mass is 16.5. The molecule has 0 amide bonds. The van der Waals surface area contributed by atoms with Crippen molar-refractivity contribution in [2.75, 3.05) is 20.3 Å². The molecule has 0 bridgehead atoms. The number of hydrogen-bond donors (Lipinski definition) is 0. The molecule has 1 unspecified atom stereocenters. The molecular formula is C9H14O2. The van der Waals surface area contributed by atoms with Crippen LogP contribution in [0, 0.1) is 12.3 Å². The van der Waals surface area contributed by atoms with Crippen LogP contribution >= 0.6 is 0 Å². The van der Waals surface area contributed by atoms with E-state index >= 15 is 0 Å². The van der Waals surface area contributed by atoms with Crippen molar-refractivity contribution >= 4 is 0 Å². The summed E-state index contributed by atoms with van der Waals surface area (Å²) in [7, 11) is 1.65. The molecule has 1 fully saturated rings. The average Bonchev–Trinajstić information content (AvgIpc) is 2.07. The quantitative estimate of drug-likeness (QED) is 0.556. The number of ether oxygens (including phenoxy) is 2. The lowest BCUT2D eigenvalue weighted by atomic mass is 9.96. The minimum Gasteiger partial charge on any atom is -0.381 e. The minimum absolute atomic E-state index is 0.424. The second kappa shape index (κ2) is 3.75. The Morgan fingerprint density at radius 3 is 2.91 bits per heavy atom. The van der Waals surface area contributed by atoms with E-state index in [2.05, 4.69) is 5.92 Å². The summed E-state index contributed by atoms with van der Waals surface area (Å²) < 4.78 is 10.5. The summed E-state index contributed by atoms with van der Waals surface area (Å²) in [6, 6.07) is 0. The minimum atomic E-state index is -0.424. The Morgan fingerprint density at radius 1 is 1.64 bits per heavy atom. The van der Waals surface area contributed by atoms with Gasteiger partial charge < -0.3 is 9.47 Å². The molecule has 0 aromatic rings. The lowest BCUT2D eigenvalue weighted by Gasteiger charge is -2.31. The molecule has 0 aromatic carbocycles. The Morgan fingerprint density at radius 2 is 2.45 bits per heavy atom. The molecule has 0 aliphatic carbocycles. The van der Waals surface area contributed by atoms with Crippen molar-refractivity contribution in [2.24, 2.45) is 0 Å². The van der Waals surface area contributed by atoms with Gasteiger partial charge in [-0.15, -0.1) is 6.42 Å². The highest BCUT2D eigenvalue weighted by Crippen LogP contribution is 2.24. The zero-order valence-electron chi connectivity index (χ0n) is 6.93. The van der Waals surface area contributed by atoms with Gasteiger partial charge in [0.2, 0.25) is 0 Å². The van der Waals surface area contributed by atoms with Crippen LogP contribution in [0.25, 0.3) is 0 Å². The first kappa shape index (κ1) is 8.58. The summed E-state index contributed by atoms with van der Waals surface area (Å²) in [6.07, 6.45) is 8.56. The monoisotopic (exact) mass is 154 g/mol. The van der Waals surface area contributed by atoms with E-state index < -0.39 is 5.60 Å². The summed E-state index contributed by atoms with van der Waals surface area (Å²) in [4.78, 5) is 0. The average molecular weight is 154 g/mol. The maximum Gasteiger partial charge on any atom is 0.151 e. The van der Waals surface area contributed by atoms with Crippen LogP contribution in [0.2, 0.25) is 0 Å². The van der Waals surface area contributed by atoms with Crippen LogP contribution in [0.15, 0.2) is 0 Å². The van der Waals surface area contributed by atoms with Crippen LogP contribution in [-0.4, -0.2) is 25.9 Å². The van der Waals surface area contributed by atoms with E-state index in [0.29, 0.717) is 6.61 Å². The van der Waals surface area contributed by atoms with Crippen molar-refractivity contribution in [1.29, 1.82) is 0 Å². The van der Waals surface area contributed by atoms with E-state index in [4.69, 9.17) is 15.9 Å². The van der Waals surface area contributed by atoms with E-state index in [9.17, 15) is 0 Å². The first-order valence-corrected chi connectivity index (χ1v) is 3.94. The van der Waals surface area contributed by atoms with Gasteiger partial charge in [-0.1, -0.05) is 5.92 Å². The normalized spacial score (nSPS) is 31.3. The SMILES string of the molecule is C#CC1(COC)CCCCO1. The summed E-state index contributed by atoms with van der Waals surface area (Å²) in [6.45, 7) is 1.29. The van der Waals surface area contributed by atoms with Crippen molar-refractivity contribution in [1.82, 2.24) is 0 Å². The van der Waals surface area contributed by atoms with Crippen LogP contribution < -0.4 is 0 Å². The third-order valence-electron chi connectivity index (χ3n) is 1.99. The van der Waals surface area contributed by atoms with Crippen LogP contribution in [0.3, 0.4) is 0 Å². The van der Waals surface area contributed by atoms with E-state index in [1.54, 1.807) is 7.11 Å². The largest absolute Gasteiger partial charge is 0.381 e. The van der Waals surface area contributed by atoms with Crippen LogP contribution in [0.1, 0.15) is 19.3 Å². The summed E-state index contributed by atoms with van der Waals surface area (Å²) in [5.41, 5.74) is -0.424. The highest BCUT2D eigenvalue weighted by Gasteiger charge is 2.30. The number of hydrogen-bond acceptors (Lipinski definition) is 2. The van der Waals surface area contributed by atoms with Gasteiger partial charge in [0.05, 0.1) is 6.61 Å². The molecule has 62 valence electrons. The maximum atomic E-state index is 5.49. The fourth-order valence-electron chi connectivity index (χ4n) is 1.35. The molecule has 0 saturated carbocycles. The number of methoxy groups -OCH3 is 1. The number of terminal acetylenes is 1. The zero-order valence-corrected chi connectivity index (χ0v) is 6.93. The van der Waals surface area contributed by atoms with E-state index in [-0.39, 0.29) is 0 Å². The Kier molecular flexibility index (Phi) is 2.92. The van der Waals surface area contributed by atoms with Gasteiger partial charge in [0.25, 0.3) is 0 Å². The van der Waals surface area contributed by atoms with Gasteiger partial charge >= 0.3 is 0 Å². The Hall–Kier alpha value is -0.520. The number of rotatable bonds is 2. The molecule has 11 heavy (non-hydrogen) atoms. The van der Waals surface area contributed by atoms with Gasteiger partial charge in [-0.3, -0.25) is 0 Å². The fourth-order valence-corrected chi connectivity index (χ4v) is 1.35. The molecule has 1 heterocycles. The Balaban J connectivity index is 2.51.